The Labute approximate surface area is 167 Å². The first kappa shape index (κ1) is 21.9. The number of ether oxygens (including phenoxy) is 1. The van der Waals surface area contributed by atoms with Gasteiger partial charge in [0, 0.05) is 31.7 Å². The predicted octanol–water partition coefficient (Wildman–Crippen LogP) is 3.39. The minimum Gasteiger partial charge on any atom is -0.497 e. The number of sulfonamides is 1. The van der Waals surface area contributed by atoms with Gasteiger partial charge in [0.2, 0.25) is 10.0 Å². The molecule has 152 valence electrons. The molecule has 28 heavy (non-hydrogen) atoms. The highest BCUT2D eigenvalue weighted by Gasteiger charge is 2.24. The molecule has 2 aromatic rings. The molecule has 0 aliphatic heterocycles. The van der Waals surface area contributed by atoms with Crippen molar-refractivity contribution in [1.29, 1.82) is 0 Å². The average Bonchev–Trinajstić information content (AvgIpc) is 2.71. The molecular weight excluding hydrogens is 376 g/mol. The second-order valence-electron chi connectivity index (χ2n) is 6.81. The molecule has 0 radical (unpaired) electrons. The second kappa shape index (κ2) is 9.21. The number of carbonyl (C=O) groups excluding carboxylic acids is 1. The number of amides is 1. The number of nitrogens with zero attached hydrogens (tertiary/aromatic N) is 2. The maximum Gasteiger partial charge on any atom is 0.254 e. The Morgan fingerprint density at radius 3 is 2.29 bits per heavy atom. The maximum atomic E-state index is 13.0. The van der Waals surface area contributed by atoms with Crippen molar-refractivity contribution in [3.63, 3.8) is 0 Å². The van der Waals surface area contributed by atoms with E-state index in [1.54, 1.807) is 38.0 Å². The van der Waals surface area contributed by atoms with Crippen LogP contribution in [0.2, 0.25) is 0 Å². The molecule has 0 saturated heterocycles. The third-order valence-corrected chi connectivity index (χ3v) is 6.72. The molecule has 0 heterocycles. The van der Waals surface area contributed by atoms with Crippen LogP contribution in [-0.2, 0) is 16.6 Å². The van der Waals surface area contributed by atoms with Crippen molar-refractivity contribution in [2.45, 2.75) is 38.3 Å². The van der Waals surface area contributed by atoms with E-state index >= 15 is 0 Å². The van der Waals surface area contributed by atoms with Gasteiger partial charge in [0.25, 0.3) is 5.91 Å². The van der Waals surface area contributed by atoms with Gasteiger partial charge in [-0.1, -0.05) is 18.2 Å². The molecule has 0 N–H and O–H groups in total. The summed E-state index contributed by atoms with van der Waals surface area (Å²) in [7, 11) is -0.501. The molecule has 0 aromatic heterocycles. The summed E-state index contributed by atoms with van der Waals surface area (Å²) in [4.78, 5) is 14.8. The van der Waals surface area contributed by atoms with Crippen LogP contribution >= 0.6 is 0 Å². The fourth-order valence-corrected chi connectivity index (χ4v) is 4.11. The van der Waals surface area contributed by atoms with Crippen LogP contribution in [-0.4, -0.2) is 50.3 Å². The van der Waals surface area contributed by atoms with E-state index in [0.29, 0.717) is 18.7 Å². The first-order valence-electron chi connectivity index (χ1n) is 9.21. The molecular formula is C21H28N2O4S. The van der Waals surface area contributed by atoms with Gasteiger partial charge in [0.05, 0.1) is 12.0 Å². The zero-order valence-corrected chi connectivity index (χ0v) is 17.9. The topological polar surface area (TPSA) is 66.9 Å². The normalized spacial score (nSPS) is 11.7. The average molecular weight is 405 g/mol. The van der Waals surface area contributed by atoms with E-state index in [1.807, 2.05) is 31.2 Å². The third-order valence-electron chi connectivity index (χ3n) is 4.69. The Hall–Kier alpha value is -2.38. The highest BCUT2D eigenvalue weighted by molar-refractivity contribution is 7.89. The molecule has 0 fully saturated rings. The Balaban J connectivity index is 2.26. The van der Waals surface area contributed by atoms with E-state index in [2.05, 4.69) is 0 Å². The van der Waals surface area contributed by atoms with E-state index in [-0.39, 0.29) is 16.8 Å². The number of methoxy groups -OCH3 is 1. The summed E-state index contributed by atoms with van der Waals surface area (Å²) in [5.41, 5.74) is 1.33. The highest BCUT2D eigenvalue weighted by atomic mass is 32.2. The third kappa shape index (κ3) is 4.91. The lowest BCUT2D eigenvalue weighted by atomic mass is 10.1. The lowest BCUT2D eigenvalue weighted by molar-refractivity contribution is 0.0752. The van der Waals surface area contributed by atoms with Crippen molar-refractivity contribution in [2.24, 2.45) is 0 Å². The molecule has 0 atom stereocenters. The SMILES string of the molecule is CCN(Cc1ccc(OC)cc1)C(=O)c1cccc(S(=O)(=O)N(C)C(C)C)c1. The number of carbonyl (C=O) groups is 1. The number of hydrogen-bond donors (Lipinski definition) is 0. The molecule has 0 bridgehead atoms. The number of rotatable bonds is 8. The molecule has 0 spiro atoms. The van der Waals surface area contributed by atoms with Gasteiger partial charge in [-0.15, -0.1) is 0 Å². The predicted molar refractivity (Wildman–Crippen MR) is 110 cm³/mol. The van der Waals surface area contributed by atoms with Crippen LogP contribution in [0.1, 0.15) is 36.7 Å². The van der Waals surface area contributed by atoms with E-state index in [9.17, 15) is 13.2 Å². The summed E-state index contributed by atoms with van der Waals surface area (Å²) in [5, 5.41) is 0. The van der Waals surface area contributed by atoms with Gasteiger partial charge in [-0.25, -0.2) is 8.42 Å². The van der Waals surface area contributed by atoms with E-state index < -0.39 is 10.0 Å². The molecule has 1 amide bonds. The first-order chi connectivity index (χ1) is 13.2. The molecule has 2 rings (SSSR count). The van der Waals surface area contributed by atoms with Crippen LogP contribution in [0.25, 0.3) is 0 Å². The van der Waals surface area contributed by atoms with Gasteiger partial charge in [0.15, 0.2) is 0 Å². The minimum atomic E-state index is -3.64. The molecule has 6 nitrogen and oxygen atoms in total. The van der Waals surface area contributed by atoms with Gasteiger partial charge in [-0.3, -0.25) is 4.79 Å². The Bertz CT molecular complexity index is 908. The van der Waals surface area contributed by atoms with Crippen molar-refractivity contribution in [1.82, 2.24) is 9.21 Å². The monoisotopic (exact) mass is 404 g/mol. The Kier molecular flexibility index (Phi) is 7.21. The zero-order valence-electron chi connectivity index (χ0n) is 17.0. The van der Waals surface area contributed by atoms with Crippen LogP contribution in [0.15, 0.2) is 53.4 Å². The van der Waals surface area contributed by atoms with E-state index in [4.69, 9.17) is 4.74 Å². The van der Waals surface area contributed by atoms with Crippen molar-refractivity contribution in [3.8, 4) is 5.75 Å². The van der Waals surface area contributed by atoms with Crippen LogP contribution in [0.3, 0.4) is 0 Å². The fraction of sp³-hybridized carbons (Fsp3) is 0.381. The van der Waals surface area contributed by atoms with Gasteiger partial charge >= 0.3 is 0 Å². The molecule has 2 aromatic carbocycles. The molecule has 0 saturated carbocycles. The summed E-state index contributed by atoms with van der Waals surface area (Å²) in [5.74, 6) is 0.549. The van der Waals surface area contributed by atoms with Gasteiger partial charge < -0.3 is 9.64 Å². The van der Waals surface area contributed by atoms with Gasteiger partial charge in [-0.2, -0.15) is 4.31 Å². The molecule has 0 aliphatic rings. The smallest absolute Gasteiger partial charge is 0.254 e. The molecule has 0 aliphatic carbocycles. The van der Waals surface area contributed by atoms with Crippen molar-refractivity contribution in [3.05, 3.63) is 59.7 Å². The minimum absolute atomic E-state index is 0.120. The van der Waals surface area contributed by atoms with Crippen molar-refractivity contribution in [2.75, 3.05) is 20.7 Å². The van der Waals surface area contributed by atoms with Crippen molar-refractivity contribution >= 4 is 15.9 Å². The lowest BCUT2D eigenvalue weighted by Gasteiger charge is -2.23. The van der Waals surface area contributed by atoms with Gasteiger partial charge in [0.1, 0.15) is 5.75 Å². The van der Waals surface area contributed by atoms with E-state index in [1.165, 1.54) is 23.5 Å². The fourth-order valence-electron chi connectivity index (χ4n) is 2.69. The summed E-state index contributed by atoms with van der Waals surface area (Å²) >= 11 is 0. The summed E-state index contributed by atoms with van der Waals surface area (Å²) in [6.45, 7) is 6.45. The molecule has 0 unspecified atom stereocenters. The molecule has 7 heteroatoms. The largest absolute Gasteiger partial charge is 0.497 e. The van der Waals surface area contributed by atoms with Crippen molar-refractivity contribution < 1.29 is 17.9 Å². The van der Waals surface area contributed by atoms with Gasteiger partial charge in [-0.05, 0) is 56.7 Å². The first-order valence-corrected chi connectivity index (χ1v) is 10.6. The Morgan fingerprint density at radius 1 is 1.11 bits per heavy atom. The summed E-state index contributed by atoms with van der Waals surface area (Å²) < 4.78 is 31.9. The van der Waals surface area contributed by atoms with E-state index in [0.717, 1.165) is 11.3 Å². The maximum absolute atomic E-state index is 13.0. The number of hydrogen-bond acceptors (Lipinski definition) is 4. The van der Waals surface area contributed by atoms with Crippen LogP contribution in [0.4, 0.5) is 0 Å². The summed E-state index contributed by atoms with van der Waals surface area (Å²) in [6.07, 6.45) is 0. The highest BCUT2D eigenvalue weighted by Crippen LogP contribution is 2.20. The lowest BCUT2D eigenvalue weighted by Crippen LogP contribution is -2.33. The zero-order chi connectivity index (χ0) is 20.9. The summed E-state index contributed by atoms with van der Waals surface area (Å²) in [6, 6.07) is 13.6. The van der Waals surface area contributed by atoms with Crippen LogP contribution < -0.4 is 4.74 Å². The quantitative estimate of drug-likeness (QED) is 0.676. The Morgan fingerprint density at radius 2 is 1.75 bits per heavy atom. The second-order valence-corrected chi connectivity index (χ2v) is 8.81. The van der Waals surface area contributed by atoms with Crippen LogP contribution in [0, 0.1) is 0 Å². The number of benzene rings is 2. The van der Waals surface area contributed by atoms with Crippen LogP contribution in [0.5, 0.6) is 5.75 Å². The standard InChI is InChI=1S/C21H28N2O4S/c1-6-23(15-17-10-12-19(27-5)13-11-17)21(24)18-8-7-9-20(14-18)28(25,26)22(4)16(2)3/h7-14,16H,6,15H2,1-5H3.